The molecule has 1 heterocycles. The molecule has 4 aromatic rings. The van der Waals surface area contributed by atoms with Crippen LogP contribution < -0.4 is 5.32 Å². The molecule has 0 aliphatic carbocycles. The van der Waals surface area contributed by atoms with Crippen molar-refractivity contribution in [1.82, 2.24) is 0 Å². The molecule has 0 saturated carbocycles. The van der Waals surface area contributed by atoms with E-state index < -0.39 is 35.5 Å². The minimum atomic E-state index is -1.59. The summed E-state index contributed by atoms with van der Waals surface area (Å²) in [6, 6.07) is 25.0. The van der Waals surface area contributed by atoms with Gasteiger partial charge in [-0.1, -0.05) is 54.6 Å². The van der Waals surface area contributed by atoms with Crippen molar-refractivity contribution in [3.8, 4) is 0 Å². The van der Waals surface area contributed by atoms with Gasteiger partial charge in [-0.3, -0.25) is 19.2 Å². The number of amides is 1. The maximum atomic E-state index is 13.8. The second kappa shape index (κ2) is 9.62. The molecule has 37 heavy (non-hydrogen) atoms. The third-order valence-electron chi connectivity index (χ3n) is 6.40. The highest BCUT2D eigenvalue weighted by atomic mass is 16.5. The average molecular weight is 491 g/mol. The standard InChI is InChI=1S/C30H21NO6/c1-17(32)18-12-14-22(15-13-18)31-29(35)27(34)25(28-23-8-4-5-9-24(23)30(36)37-28)26(33)21-11-10-19-6-2-3-7-20(19)16-21/h2-16,25,28H,1H3,(H,31,35). The molecule has 182 valence electrons. The van der Waals surface area contributed by atoms with E-state index in [0.29, 0.717) is 11.1 Å². The van der Waals surface area contributed by atoms with E-state index in [1.807, 2.05) is 24.3 Å². The quantitative estimate of drug-likeness (QED) is 0.169. The molecule has 4 aromatic carbocycles. The normalized spacial score (nSPS) is 14.9. The Balaban J connectivity index is 1.51. The second-order valence-corrected chi connectivity index (χ2v) is 8.77. The van der Waals surface area contributed by atoms with Crippen molar-refractivity contribution in [1.29, 1.82) is 0 Å². The summed E-state index contributed by atoms with van der Waals surface area (Å²) < 4.78 is 5.49. The maximum Gasteiger partial charge on any atom is 0.339 e. The fraction of sp³-hybridized carbons (Fsp3) is 0.100. The molecule has 7 nitrogen and oxygen atoms in total. The van der Waals surface area contributed by atoms with Crippen molar-refractivity contribution in [3.05, 3.63) is 113 Å². The Labute approximate surface area is 212 Å². The van der Waals surface area contributed by atoms with Crippen LogP contribution in [0.25, 0.3) is 10.8 Å². The van der Waals surface area contributed by atoms with E-state index in [1.54, 1.807) is 42.5 Å². The van der Waals surface area contributed by atoms with E-state index in [9.17, 15) is 24.0 Å². The van der Waals surface area contributed by atoms with Gasteiger partial charge in [-0.05, 0) is 54.1 Å². The molecular formula is C30H21NO6. The lowest BCUT2D eigenvalue weighted by molar-refractivity contribution is -0.138. The summed E-state index contributed by atoms with van der Waals surface area (Å²) in [4.78, 5) is 64.4. The molecule has 0 saturated heterocycles. The van der Waals surface area contributed by atoms with E-state index in [-0.39, 0.29) is 22.6 Å². The number of rotatable bonds is 7. The fourth-order valence-electron chi connectivity index (χ4n) is 4.46. The van der Waals surface area contributed by atoms with Gasteiger partial charge in [0.05, 0.1) is 5.56 Å². The molecule has 1 amide bonds. The van der Waals surface area contributed by atoms with Gasteiger partial charge < -0.3 is 10.1 Å². The van der Waals surface area contributed by atoms with Crippen LogP contribution in [0, 0.1) is 5.92 Å². The molecule has 1 N–H and O–H groups in total. The molecule has 2 unspecified atom stereocenters. The average Bonchev–Trinajstić information content (AvgIpc) is 3.24. The predicted molar refractivity (Wildman–Crippen MR) is 136 cm³/mol. The lowest BCUT2D eigenvalue weighted by Gasteiger charge is -2.21. The zero-order valence-corrected chi connectivity index (χ0v) is 19.8. The molecule has 0 fully saturated rings. The SMILES string of the molecule is CC(=O)c1ccc(NC(=O)C(=O)C(C(=O)c2ccc3ccccc3c2)C2OC(=O)c3ccccc32)cc1. The Kier molecular flexibility index (Phi) is 6.19. The van der Waals surface area contributed by atoms with Gasteiger partial charge in [0.25, 0.3) is 5.91 Å². The molecule has 1 aliphatic heterocycles. The number of benzene rings is 4. The summed E-state index contributed by atoms with van der Waals surface area (Å²) in [5.74, 6) is -5.10. The number of carbonyl (C=O) groups is 5. The number of esters is 1. The first kappa shape index (κ1) is 23.8. The molecule has 0 bridgehead atoms. The summed E-state index contributed by atoms with van der Waals surface area (Å²) in [6.07, 6.45) is -1.25. The number of Topliss-reactive ketones (excluding diaryl/α,β-unsaturated/α-hetero) is 3. The van der Waals surface area contributed by atoms with Gasteiger partial charge in [0.15, 0.2) is 11.6 Å². The van der Waals surface area contributed by atoms with Crippen molar-refractivity contribution in [3.63, 3.8) is 0 Å². The van der Waals surface area contributed by atoms with Crippen molar-refractivity contribution in [2.45, 2.75) is 13.0 Å². The van der Waals surface area contributed by atoms with Crippen LogP contribution in [-0.4, -0.2) is 29.2 Å². The van der Waals surface area contributed by atoms with Gasteiger partial charge in [0, 0.05) is 22.4 Å². The first-order valence-electron chi connectivity index (χ1n) is 11.6. The number of fused-ring (bicyclic) bond motifs is 2. The van der Waals surface area contributed by atoms with Crippen molar-refractivity contribution in [2.75, 3.05) is 5.32 Å². The second-order valence-electron chi connectivity index (χ2n) is 8.77. The number of hydrogen-bond donors (Lipinski definition) is 1. The van der Waals surface area contributed by atoms with Crippen molar-refractivity contribution < 1.29 is 28.7 Å². The van der Waals surface area contributed by atoms with Crippen LogP contribution in [0.4, 0.5) is 5.69 Å². The highest BCUT2D eigenvalue weighted by Crippen LogP contribution is 2.38. The Morgan fingerprint density at radius 1 is 0.784 bits per heavy atom. The van der Waals surface area contributed by atoms with Crippen LogP contribution in [0.3, 0.4) is 0 Å². The number of carbonyl (C=O) groups excluding carboxylic acids is 5. The third kappa shape index (κ3) is 4.54. The van der Waals surface area contributed by atoms with Crippen LogP contribution >= 0.6 is 0 Å². The van der Waals surface area contributed by atoms with Crippen molar-refractivity contribution >= 4 is 45.7 Å². The number of anilines is 1. The molecule has 2 atom stereocenters. The van der Waals surface area contributed by atoms with Gasteiger partial charge in [0.2, 0.25) is 5.78 Å². The van der Waals surface area contributed by atoms with Crippen LogP contribution in [-0.2, 0) is 14.3 Å². The maximum absolute atomic E-state index is 13.8. The summed E-state index contributed by atoms with van der Waals surface area (Å²) in [7, 11) is 0. The summed E-state index contributed by atoms with van der Waals surface area (Å²) in [6.45, 7) is 1.42. The van der Waals surface area contributed by atoms with E-state index in [4.69, 9.17) is 4.74 Å². The highest BCUT2D eigenvalue weighted by Gasteiger charge is 2.46. The highest BCUT2D eigenvalue weighted by molar-refractivity contribution is 6.45. The minimum absolute atomic E-state index is 0.142. The number of nitrogens with one attached hydrogen (secondary N) is 1. The van der Waals surface area contributed by atoms with E-state index >= 15 is 0 Å². The molecular weight excluding hydrogens is 470 g/mol. The first-order chi connectivity index (χ1) is 17.8. The van der Waals surface area contributed by atoms with Crippen LogP contribution in [0.2, 0.25) is 0 Å². The monoisotopic (exact) mass is 491 g/mol. The van der Waals surface area contributed by atoms with Crippen LogP contribution in [0.15, 0.2) is 91.0 Å². The molecule has 1 aliphatic rings. The van der Waals surface area contributed by atoms with E-state index in [2.05, 4.69) is 5.32 Å². The Morgan fingerprint density at radius 3 is 2.16 bits per heavy atom. The van der Waals surface area contributed by atoms with Crippen LogP contribution in [0.5, 0.6) is 0 Å². The van der Waals surface area contributed by atoms with Gasteiger partial charge in [-0.15, -0.1) is 0 Å². The van der Waals surface area contributed by atoms with Crippen molar-refractivity contribution in [2.24, 2.45) is 5.92 Å². The topological polar surface area (TPSA) is 107 Å². The lowest BCUT2D eigenvalue weighted by atomic mass is 9.84. The van der Waals surface area contributed by atoms with Crippen LogP contribution in [0.1, 0.15) is 49.7 Å². The molecule has 0 spiro atoms. The number of ketones is 3. The number of ether oxygens (including phenoxy) is 1. The summed E-state index contributed by atoms with van der Waals surface area (Å²) >= 11 is 0. The van der Waals surface area contributed by atoms with Gasteiger partial charge in [0.1, 0.15) is 12.0 Å². The van der Waals surface area contributed by atoms with Gasteiger partial charge >= 0.3 is 5.97 Å². The Morgan fingerprint density at radius 2 is 1.43 bits per heavy atom. The Bertz CT molecular complexity index is 1590. The largest absolute Gasteiger partial charge is 0.453 e. The first-order valence-corrected chi connectivity index (χ1v) is 11.6. The molecule has 5 rings (SSSR count). The predicted octanol–water partition coefficient (Wildman–Crippen LogP) is 4.96. The number of cyclic esters (lactones) is 1. The van der Waals surface area contributed by atoms with E-state index in [0.717, 1.165) is 10.8 Å². The fourth-order valence-corrected chi connectivity index (χ4v) is 4.46. The zero-order chi connectivity index (χ0) is 26.1. The third-order valence-corrected chi connectivity index (χ3v) is 6.40. The minimum Gasteiger partial charge on any atom is -0.453 e. The smallest absolute Gasteiger partial charge is 0.339 e. The summed E-state index contributed by atoms with van der Waals surface area (Å²) in [5.41, 5.74) is 1.57. The molecule has 0 radical (unpaired) electrons. The van der Waals surface area contributed by atoms with E-state index in [1.165, 1.54) is 31.2 Å². The van der Waals surface area contributed by atoms with Gasteiger partial charge in [-0.25, -0.2) is 4.79 Å². The molecule has 7 heteroatoms. The summed E-state index contributed by atoms with van der Waals surface area (Å²) in [5, 5.41) is 4.19. The zero-order valence-electron chi connectivity index (χ0n) is 19.8. The number of hydrogen-bond acceptors (Lipinski definition) is 6. The molecule has 0 aromatic heterocycles. The Hall–Kier alpha value is -4.91. The lowest BCUT2D eigenvalue weighted by Crippen LogP contribution is -2.38. The van der Waals surface area contributed by atoms with Gasteiger partial charge in [-0.2, -0.15) is 0 Å².